The van der Waals surface area contributed by atoms with E-state index in [1.165, 1.54) is 11.9 Å². The molecule has 2 aliphatic heterocycles. The number of aromatic nitrogens is 3. The molecular weight excluding hydrogens is 428 g/mol. The maximum Gasteiger partial charge on any atom is 0.146 e. The lowest BCUT2D eigenvalue weighted by molar-refractivity contribution is -0.109. The van der Waals surface area contributed by atoms with Crippen LogP contribution >= 0.6 is 0 Å². The molecule has 34 heavy (non-hydrogen) atoms. The molecule has 2 atom stereocenters. The Morgan fingerprint density at radius 2 is 2.03 bits per heavy atom. The molecule has 1 unspecified atom stereocenters. The summed E-state index contributed by atoms with van der Waals surface area (Å²) in [6.45, 7) is 2.25. The van der Waals surface area contributed by atoms with Gasteiger partial charge in [-0.05, 0) is 67.4 Å². The van der Waals surface area contributed by atoms with Crippen LogP contribution in [0.3, 0.4) is 0 Å². The molecule has 3 aromatic rings. The molecule has 0 bridgehead atoms. The number of aldehydes is 1. The van der Waals surface area contributed by atoms with Gasteiger partial charge in [-0.1, -0.05) is 12.1 Å². The van der Waals surface area contributed by atoms with Crippen molar-refractivity contribution in [3.63, 3.8) is 0 Å². The minimum atomic E-state index is -0.477. The Balaban J connectivity index is 1.38. The van der Waals surface area contributed by atoms with Crippen LogP contribution in [-0.2, 0) is 11.2 Å². The van der Waals surface area contributed by atoms with Gasteiger partial charge in [-0.25, -0.2) is 15.0 Å². The summed E-state index contributed by atoms with van der Waals surface area (Å²) in [6.07, 6.45) is 12.7. The molecule has 2 aromatic heterocycles. The fourth-order valence-corrected chi connectivity index (χ4v) is 4.71. The maximum absolute atomic E-state index is 11.8. The normalized spacial score (nSPS) is 19.4. The summed E-state index contributed by atoms with van der Waals surface area (Å²) in [5, 5.41) is 16.0. The molecule has 174 valence electrons. The number of carbonyl (C=O) groups is 1. The SMILES string of the molecule is O=CC1NC=Cc2cc(-c3cncnc3)nc(Nc3ccc(CCN4CCC[C@H]4CO)cc3)c21. The molecule has 0 saturated carbocycles. The molecule has 8 heteroatoms. The highest BCUT2D eigenvalue weighted by molar-refractivity contribution is 5.79. The molecule has 0 amide bonds. The van der Waals surface area contributed by atoms with Crippen molar-refractivity contribution in [3.05, 3.63) is 71.9 Å². The Labute approximate surface area is 198 Å². The lowest BCUT2D eigenvalue weighted by atomic mass is 9.97. The minimum absolute atomic E-state index is 0.236. The van der Waals surface area contributed by atoms with Crippen LogP contribution in [0, 0.1) is 0 Å². The van der Waals surface area contributed by atoms with Gasteiger partial charge >= 0.3 is 0 Å². The van der Waals surface area contributed by atoms with Crippen molar-refractivity contribution in [1.82, 2.24) is 25.2 Å². The van der Waals surface area contributed by atoms with Crippen LogP contribution < -0.4 is 10.6 Å². The largest absolute Gasteiger partial charge is 0.395 e. The van der Waals surface area contributed by atoms with Crippen LogP contribution in [0.25, 0.3) is 17.3 Å². The van der Waals surface area contributed by atoms with Crippen molar-refractivity contribution in [2.75, 3.05) is 25.0 Å². The van der Waals surface area contributed by atoms with E-state index in [2.05, 4.69) is 37.6 Å². The van der Waals surface area contributed by atoms with Crippen LogP contribution in [-0.4, -0.2) is 57.0 Å². The van der Waals surface area contributed by atoms with Crippen LogP contribution in [0.5, 0.6) is 0 Å². The fraction of sp³-hybridized carbons (Fsp3) is 0.308. The second-order valence-electron chi connectivity index (χ2n) is 8.69. The summed E-state index contributed by atoms with van der Waals surface area (Å²) in [5.41, 5.74) is 5.42. The predicted molar refractivity (Wildman–Crippen MR) is 131 cm³/mol. The Hall–Kier alpha value is -3.62. The first-order chi connectivity index (χ1) is 16.7. The second kappa shape index (κ2) is 10.1. The zero-order valence-corrected chi connectivity index (χ0v) is 18.9. The molecule has 2 aliphatic rings. The number of hydrogen-bond acceptors (Lipinski definition) is 8. The molecule has 1 fully saturated rings. The first kappa shape index (κ1) is 22.2. The third kappa shape index (κ3) is 4.69. The Kier molecular flexibility index (Phi) is 6.60. The number of likely N-dealkylation sites (tertiary alicyclic amines) is 1. The number of nitrogens with zero attached hydrogens (tertiary/aromatic N) is 4. The van der Waals surface area contributed by atoms with E-state index in [-0.39, 0.29) is 6.61 Å². The lowest BCUT2D eigenvalue weighted by Crippen LogP contribution is -2.33. The monoisotopic (exact) mass is 456 g/mol. The molecule has 5 rings (SSSR count). The number of fused-ring (bicyclic) bond motifs is 1. The lowest BCUT2D eigenvalue weighted by Gasteiger charge is -2.23. The molecule has 3 N–H and O–H groups in total. The number of aliphatic hydroxyl groups excluding tert-OH is 1. The topological polar surface area (TPSA) is 103 Å². The minimum Gasteiger partial charge on any atom is -0.395 e. The van der Waals surface area contributed by atoms with E-state index in [1.54, 1.807) is 18.6 Å². The van der Waals surface area contributed by atoms with E-state index >= 15 is 0 Å². The molecule has 0 radical (unpaired) electrons. The number of carbonyl (C=O) groups excluding carboxylic acids is 1. The third-order valence-corrected chi connectivity index (χ3v) is 6.55. The van der Waals surface area contributed by atoms with E-state index in [9.17, 15) is 9.90 Å². The van der Waals surface area contributed by atoms with Gasteiger partial charge in [-0.15, -0.1) is 0 Å². The molecular formula is C26H28N6O2. The summed E-state index contributed by atoms with van der Waals surface area (Å²) < 4.78 is 0. The van der Waals surface area contributed by atoms with Crippen molar-refractivity contribution in [2.24, 2.45) is 0 Å². The predicted octanol–water partition coefficient (Wildman–Crippen LogP) is 3.10. The Morgan fingerprint density at radius 1 is 1.21 bits per heavy atom. The summed E-state index contributed by atoms with van der Waals surface area (Å²) in [6, 6.07) is 10.1. The number of benzene rings is 1. The zero-order valence-electron chi connectivity index (χ0n) is 18.9. The number of hydrogen-bond donors (Lipinski definition) is 3. The van der Waals surface area contributed by atoms with Gasteiger partial charge in [-0.3, -0.25) is 4.90 Å². The standard InChI is InChI=1S/C26H28N6O2/c33-15-22-2-1-10-32(22)11-8-18-3-5-21(6-4-18)30-26-25-19(7-9-29-24(25)16-34)12-23(31-26)20-13-27-17-28-14-20/h3-7,9,12-14,16-17,22,24,29,33H,1-2,8,10-11,15H2,(H,30,31)/t22-,24?/m0/s1. The van der Waals surface area contributed by atoms with E-state index < -0.39 is 6.04 Å². The second-order valence-corrected chi connectivity index (χ2v) is 8.69. The highest BCUT2D eigenvalue weighted by atomic mass is 16.3. The van der Waals surface area contributed by atoms with Crippen LogP contribution in [0.15, 0.2) is 55.3 Å². The number of anilines is 2. The molecule has 0 aliphatic carbocycles. The van der Waals surface area contributed by atoms with Crippen LogP contribution in [0.4, 0.5) is 11.5 Å². The van der Waals surface area contributed by atoms with Gasteiger partial charge < -0.3 is 20.5 Å². The van der Waals surface area contributed by atoms with Gasteiger partial charge in [0, 0.05) is 41.8 Å². The van der Waals surface area contributed by atoms with E-state index in [1.807, 2.05) is 24.3 Å². The fourth-order valence-electron chi connectivity index (χ4n) is 4.71. The van der Waals surface area contributed by atoms with Crippen LogP contribution in [0.1, 0.15) is 35.6 Å². The molecule has 1 aromatic carbocycles. The summed E-state index contributed by atoms with van der Waals surface area (Å²) in [7, 11) is 0. The third-order valence-electron chi connectivity index (χ3n) is 6.55. The Bertz CT molecular complexity index is 1170. The molecule has 0 spiro atoms. The van der Waals surface area contributed by atoms with Crippen molar-refractivity contribution < 1.29 is 9.90 Å². The molecule has 4 heterocycles. The average Bonchev–Trinajstić information content (AvgIpc) is 3.36. The van der Waals surface area contributed by atoms with Gasteiger partial charge in [-0.2, -0.15) is 0 Å². The summed E-state index contributed by atoms with van der Waals surface area (Å²) in [4.78, 5) is 27.2. The first-order valence-electron chi connectivity index (χ1n) is 11.6. The van der Waals surface area contributed by atoms with Gasteiger partial charge in [0.05, 0.1) is 12.3 Å². The first-order valence-corrected chi connectivity index (χ1v) is 11.6. The quantitative estimate of drug-likeness (QED) is 0.445. The van der Waals surface area contributed by atoms with Crippen molar-refractivity contribution in [1.29, 1.82) is 0 Å². The highest BCUT2D eigenvalue weighted by Gasteiger charge is 2.24. The van der Waals surface area contributed by atoms with Gasteiger partial charge in [0.15, 0.2) is 0 Å². The zero-order chi connectivity index (χ0) is 23.3. The molecule has 1 saturated heterocycles. The van der Waals surface area contributed by atoms with Gasteiger partial charge in [0.2, 0.25) is 0 Å². The molecule has 8 nitrogen and oxygen atoms in total. The number of rotatable bonds is 8. The maximum atomic E-state index is 11.8. The summed E-state index contributed by atoms with van der Waals surface area (Å²) >= 11 is 0. The van der Waals surface area contributed by atoms with E-state index in [0.717, 1.165) is 66.7 Å². The number of aliphatic hydroxyl groups is 1. The van der Waals surface area contributed by atoms with Crippen molar-refractivity contribution in [3.8, 4) is 11.3 Å². The van der Waals surface area contributed by atoms with Crippen molar-refractivity contribution >= 4 is 23.9 Å². The number of pyridine rings is 1. The van der Waals surface area contributed by atoms with Crippen molar-refractivity contribution in [2.45, 2.75) is 31.3 Å². The van der Waals surface area contributed by atoms with E-state index in [4.69, 9.17) is 4.98 Å². The smallest absolute Gasteiger partial charge is 0.146 e. The van der Waals surface area contributed by atoms with Gasteiger partial charge in [0.25, 0.3) is 0 Å². The highest BCUT2D eigenvalue weighted by Crippen LogP contribution is 2.33. The van der Waals surface area contributed by atoms with Gasteiger partial charge in [0.1, 0.15) is 24.5 Å². The summed E-state index contributed by atoms with van der Waals surface area (Å²) in [5.74, 6) is 0.626. The average molecular weight is 457 g/mol. The van der Waals surface area contributed by atoms with E-state index in [0.29, 0.717) is 11.9 Å². The number of nitrogens with one attached hydrogen (secondary N) is 2. The Morgan fingerprint density at radius 3 is 2.79 bits per heavy atom. The van der Waals surface area contributed by atoms with Crippen LogP contribution in [0.2, 0.25) is 0 Å².